The zero-order chi connectivity index (χ0) is 16.9. The minimum atomic E-state index is -4.10. The number of nitrogens with one attached hydrogen (secondary N) is 2. The van der Waals surface area contributed by atoms with Gasteiger partial charge in [-0.25, -0.2) is 4.79 Å². The maximum Gasteiger partial charge on any atom is 0.407 e. The molecule has 0 fully saturated rings. The van der Waals surface area contributed by atoms with Crippen molar-refractivity contribution < 1.29 is 22.5 Å². The summed E-state index contributed by atoms with van der Waals surface area (Å²) in [6.07, 6.45) is 1.93. The number of aromatic amines is 1. The predicted octanol–water partition coefficient (Wildman–Crippen LogP) is 2.36. The Labute approximate surface area is 137 Å². The molecule has 0 aliphatic rings. The van der Waals surface area contributed by atoms with Crippen LogP contribution in [-0.2, 0) is 20.3 Å². The van der Waals surface area contributed by atoms with Crippen LogP contribution in [0.4, 0.5) is 4.79 Å². The number of hydrogen-bond acceptors (Lipinski definition) is 5. The molecule has 1 amide bonds. The molecule has 0 spiro atoms. The molecule has 2 aromatic rings. The highest BCUT2D eigenvalue weighted by molar-refractivity contribution is 8.69. The van der Waals surface area contributed by atoms with E-state index >= 15 is 0 Å². The maximum atomic E-state index is 11.6. The Kier molecular flexibility index (Phi) is 5.91. The number of aromatic nitrogens is 1. The normalized spacial score (nSPS) is 13.0. The molecular formula is C14H18N2O5S2. The first-order chi connectivity index (χ1) is 10.8. The zero-order valence-corrected chi connectivity index (χ0v) is 14.1. The lowest BCUT2D eigenvalue weighted by molar-refractivity contribution is 0.150. The van der Waals surface area contributed by atoms with Crippen molar-refractivity contribution in [1.82, 2.24) is 10.3 Å². The molecule has 1 heterocycles. The van der Waals surface area contributed by atoms with Crippen LogP contribution in [0, 0.1) is 0 Å². The van der Waals surface area contributed by atoms with E-state index in [1.165, 1.54) is 0 Å². The Morgan fingerprint density at radius 3 is 2.91 bits per heavy atom. The summed E-state index contributed by atoms with van der Waals surface area (Å²) in [6, 6.07) is 7.76. The van der Waals surface area contributed by atoms with E-state index in [2.05, 4.69) is 10.3 Å². The summed E-state index contributed by atoms with van der Waals surface area (Å²) >= 11 is 0. The third-order valence-electron chi connectivity index (χ3n) is 3.11. The Morgan fingerprint density at radius 2 is 2.17 bits per heavy atom. The van der Waals surface area contributed by atoms with Crippen LogP contribution in [0.2, 0.25) is 0 Å². The van der Waals surface area contributed by atoms with Gasteiger partial charge in [0.15, 0.2) is 0 Å². The van der Waals surface area contributed by atoms with Crippen molar-refractivity contribution in [2.75, 3.05) is 12.4 Å². The topological polar surface area (TPSA) is 108 Å². The van der Waals surface area contributed by atoms with Crippen LogP contribution < -0.4 is 5.32 Å². The van der Waals surface area contributed by atoms with Gasteiger partial charge < -0.3 is 15.0 Å². The van der Waals surface area contributed by atoms with Gasteiger partial charge in [0.05, 0.1) is 0 Å². The Morgan fingerprint density at radius 1 is 1.43 bits per heavy atom. The minimum Gasteiger partial charge on any atom is -0.449 e. The molecule has 0 radical (unpaired) electrons. The van der Waals surface area contributed by atoms with Crippen LogP contribution >= 0.6 is 10.8 Å². The van der Waals surface area contributed by atoms with Crippen LogP contribution in [-0.4, -0.2) is 42.4 Å². The van der Waals surface area contributed by atoms with Gasteiger partial charge in [0.2, 0.25) is 0 Å². The number of carbonyl (C=O) groups is 1. The fourth-order valence-corrected chi connectivity index (χ4v) is 3.40. The quantitative estimate of drug-likeness (QED) is 0.398. The SMILES string of the molecule is C[C@H](Cc1c[nH]c2ccccc12)NC(=O)OCCSS(=O)(=O)O. The van der Waals surface area contributed by atoms with Crippen LogP contribution in [0.25, 0.3) is 10.9 Å². The van der Waals surface area contributed by atoms with E-state index in [1.54, 1.807) is 0 Å². The smallest absolute Gasteiger partial charge is 0.407 e. The molecule has 0 aliphatic carbocycles. The lowest BCUT2D eigenvalue weighted by Gasteiger charge is -2.13. The van der Waals surface area contributed by atoms with E-state index in [0.717, 1.165) is 16.5 Å². The Bertz CT molecular complexity index is 772. The van der Waals surface area contributed by atoms with Crippen molar-refractivity contribution in [2.24, 2.45) is 0 Å². The van der Waals surface area contributed by atoms with Crippen LogP contribution in [0.5, 0.6) is 0 Å². The van der Waals surface area contributed by atoms with Gasteiger partial charge in [0, 0.05) is 39.7 Å². The molecule has 1 aromatic heterocycles. The average molecular weight is 358 g/mol. The fourth-order valence-electron chi connectivity index (χ4n) is 2.20. The summed E-state index contributed by atoms with van der Waals surface area (Å²) in [6.45, 7) is 1.76. The highest BCUT2D eigenvalue weighted by atomic mass is 33.1. The molecule has 7 nitrogen and oxygen atoms in total. The summed E-state index contributed by atoms with van der Waals surface area (Å²) < 4.78 is 34.4. The van der Waals surface area contributed by atoms with Crippen molar-refractivity contribution in [2.45, 2.75) is 19.4 Å². The molecule has 0 saturated heterocycles. The second-order valence-electron chi connectivity index (χ2n) is 4.99. The van der Waals surface area contributed by atoms with Crippen LogP contribution in [0.1, 0.15) is 12.5 Å². The van der Waals surface area contributed by atoms with E-state index in [9.17, 15) is 13.2 Å². The highest BCUT2D eigenvalue weighted by Crippen LogP contribution is 2.19. The molecule has 3 N–H and O–H groups in total. The first-order valence-electron chi connectivity index (χ1n) is 6.95. The van der Waals surface area contributed by atoms with Gasteiger partial charge in [-0.1, -0.05) is 18.2 Å². The molecular weight excluding hydrogens is 340 g/mol. The average Bonchev–Trinajstić information content (AvgIpc) is 2.86. The van der Waals surface area contributed by atoms with E-state index in [4.69, 9.17) is 9.29 Å². The maximum absolute atomic E-state index is 11.6. The summed E-state index contributed by atoms with van der Waals surface area (Å²) in [7, 11) is -3.78. The van der Waals surface area contributed by atoms with E-state index in [-0.39, 0.29) is 18.4 Å². The fraction of sp³-hybridized carbons (Fsp3) is 0.357. The van der Waals surface area contributed by atoms with Crippen molar-refractivity contribution >= 4 is 36.9 Å². The zero-order valence-electron chi connectivity index (χ0n) is 12.5. The monoisotopic (exact) mass is 358 g/mol. The van der Waals surface area contributed by atoms with Crippen molar-refractivity contribution in [3.8, 4) is 0 Å². The summed E-state index contributed by atoms with van der Waals surface area (Å²) in [5.41, 5.74) is 2.13. The molecule has 0 saturated carbocycles. The standard InChI is InChI=1S/C14H18N2O5S2/c1-10(16-14(17)21-6-7-22-23(18,19)20)8-11-9-15-13-5-3-2-4-12(11)13/h2-5,9-10,15H,6-8H2,1H3,(H,16,17)(H,18,19,20)/t10-/m1/s1. The second kappa shape index (κ2) is 7.71. The number of fused-ring (bicyclic) bond motifs is 1. The summed E-state index contributed by atoms with van der Waals surface area (Å²) in [4.78, 5) is 14.8. The van der Waals surface area contributed by atoms with Gasteiger partial charge in [0.1, 0.15) is 6.61 Å². The molecule has 0 unspecified atom stereocenters. The molecule has 0 aliphatic heterocycles. The van der Waals surface area contributed by atoms with Gasteiger partial charge >= 0.3 is 15.2 Å². The molecule has 1 atom stereocenters. The number of alkyl carbamates (subject to hydrolysis) is 1. The van der Waals surface area contributed by atoms with Gasteiger partial charge in [0.25, 0.3) is 0 Å². The lowest BCUT2D eigenvalue weighted by atomic mass is 10.1. The third-order valence-corrected chi connectivity index (χ3v) is 5.14. The summed E-state index contributed by atoms with van der Waals surface area (Å²) in [5.74, 6) is -0.0247. The molecule has 0 bridgehead atoms. The van der Waals surface area contributed by atoms with E-state index < -0.39 is 15.2 Å². The number of ether oxygens (including phenoxy) is 1. The van der Waals surface area contributed by atoms with Gasteiger partial charge in [-0.3, -0.25) is 4.55 Å². The summed E-state index contributed by atoms with van der Waals surface area (Å²) in [5, 5.41) is 3.79. The molecule has 2 rings (SSSR count). The second-order valence-corrected chi connectivity index (χ2v) is 8.46. The molecule has 23 heavy (non-hydrogen) atoms. The third kappa shape index (κ3) is 5.77. The van der Waals surface area contributed by atoms with Crippen LogP contribution in [0.15, 0.2) is 30.5 Å². The van der Waals surface area contributed by atoms with E-state index in [1.807, 2.05) is 37.4 Å². The van der Waals surface area contributed by atoms with Crippen molar-refractivity contribution in [1.29, 1.82) is 0 Å². The van der Waals surface area contributed by atoms with Crippen molar-refractivity contribution in [3.05, 3.63) is 36.0 Å². The molecule has 9 heteroatoms. The number of hydrogen-bond donors (Lipinski definition) is 3. The van der Waals surface area contributed by atoms with Gasteiger partial charge in [-0.2, -0.15) is 8.42 Å². The van der Waals surface area contributed by atoms with Gasteiger partial charge in [-0.05, 0) is 25.0 Å². The number of H-pyrrole nitrogens is 1. The first kappa shape index (κ1) is 17.6. The number of rotatable bonds is 7. The molecule has 126 valence electrons. The van der Waals surface area contributed by atoms with Crippen LogP contribution in [0.3, 0.4) is 0 Å². The van der Waals surface area contributed by atoms with Gasteiger partial charge in [-0.15, -0.1) is 0 Å². The number of benzene rings is 1. The van der Waals surface area contributed by atoms with Crippen molar-refractivity contribution in [3.63, 3.8) is 0 Å². The number of amides is 1. The largest absolute Gasteiger partial charge is 0.449 e. The van der Waals surface area contributed by atoms with E-state index in [0.29, 0.717) is 17.2 Å². The lowest BCUT2D eigenvalue weighted by Crippen LogP contribution is -2.34. The Hall–Kier alpha value is -1.71. The molecule has 1 aromatic carbocycles. The minimum absolute atomic E-state index is 0.0247. The number of carbonyl (C=O) groups excluding carboxylic acids is 1. The Balaban J connectivity index is 1.78. The highest BCUT2D eigenvalue weighted by Gasteiger charge is 2.12. The predicted molar refractivity (Wildman–Crippen MR) is 90.0 cm³/mol. The first-order valence-corrected chi connectivity index (χ1v) is 9.89. The number of para-hydroxylation sites is 1.